The molecule has 0 amide bonds. The first-order valence-corrected chi connectivity index (χ1v) is 8.26. The van der Waals surface area contributed by atoms with Crippen LogP contribution >= 0.6 is 0 Å². The van der Waals surface area contributed by atoms with Gasteiger partial charge in [0.2, 0.25) is 0 Å². The summed E-state index contributed by atoms with van der Waals surface area (Å²) in [6, 6.07) is 0.506. The van der Waals surface area contributed by atoms with E-state index in [1.165, 1.54) is 0 Å². The molecule has 0 N–H and O–H groups in total. The van der Waals surface area contributed by atoms with Gasteiger partial charge in [-0.1, -0.05) is 27.7 Å². The Morgan fingerprint density at radius 3 is 2.75 bits per heavy atom. The van der Waals surface area contributed by atoms with Gasteiger partial charge in [-0.15, -0.1) is 0 Å². The zero-order valence-electron chi connectivity index (χ0n) is 13.7. The molecule has 3 heteroatoms. The number of hydrogen-bond donors (Lipinski definition) is 0. The number of ketones is 1. The van der Waals surface area contributed by atoms with Gasteiger partial charge in [0.1, 0.15) is 5.78 Å². The van der Waals surface area contributed by atoms with Crippen molar-refractivity contribution in [3.63, 3.8) is 0 Å². The lowest BCUT2D eigenvalue weighted by molar-refractivity contribution is -0.128. The molecule has 20 heavy (non-hydrogen) atoms. The number of Topliss-reactive ketones (excluding diaryl/α,β-unsaturated/α-hetero) is 1. The maximum atomic E-state index is 12.3. The van der Waals surface area contributed by atoms with E-state index in [2.05, 4.69) is 32.6 Å². The van der Waals surface area contributed by atoms with Gasteiger partial charge in [-0.3, -0.25) is 9.69 Å². The highest BCUT2D eigenvalue weighted by molar-refractivity contribution is 5.82. The number of carbonyl (C=O) groups is 1. The second-order valence-electron chi connectivity index (χ2n) is 7.63. The molecule has 1 saturated carbocycles. The summed E-state index contributed by atoms with van der Waals surface area (Å²) >= 11 is 0. The highest BCUT2D eigenvalue weighted by Crippen LogP contribution is 2.39. The predicted molar refractivity (Wildman–Crippen MR) is 81.8 cm³/mol. The second kappa shape index (κ2) is 6.57. The van der Waals surface area contributed by atoms with E-state index in [0.29, 0.717) is 23.2 Å². The normalized spacial score (nSPS) is 33.4. The average Bonchev–Trinajstić information content (AvgIpc) is 2.40. The Morgan fingerprint density at radius 2 is 2.10 bits per heavy atom. The molecule has 1 saturated heterocycles. The van der Waals surface area contributed by atoms with E-state index < -0.39 is 0 Å². The Balaban J connectivity index is 1.97. The van der Waals surface area contributed by atoms with Crippen molar-refractivity contribution in [1.29, 1.82) is 0 Å². The monoisotopic (exact) mass is 281 g/mol. The van der Waals surface area contributed by atoms with Gasteiger partial charge >= 0.3 is 0 Å². The summed E-state index contributed by atoms with van der Waals surface area (Å²) in [4.78, 5) is 14.8. The van der Waals surface area contributed by atoms with Crippen molar-refractivity contribution < 1.29 is 9.53 Å². The molecular formula is C17H31NO2. The van der Waals surface area contributed by atoms with Crippen LogP contribution in [0.15, 0.2) is 0 Å². The fourth-order valence-electron chi connectivity index (χ4n) is 3.66. The molecule has 2 fully saturated rings. The van der Waals surface area contributed by atoms with Crippen LogP contribution in [-0.4, -0.2) is 43.0 Å². The molecule has 116 valence electrons. The number of hydrogen-bond acceptors (Lipinski definition) is 3. The molecular weight excluding hydrogens is 250 g/mol. The fourth-order valence-corrected chi connectivity index (χ4v) is 3.66. The van der Waals surface area contributed by atoms with E-state index in [1.807, 2.05) is 0 Å². The molecule has 1 heterocycles. The Kier molecular flexibility index (Phi) is 5.25. The number of ether oxygens (including phenoxy) is 1. The second-order valence-corrected chi connectivity index (χ2v) is 7.63. The van der Waals surface area contributed by atoms with Crippen molar-refractivity contribution in [1.82, 2.24) is 4.90 Å². The summed E-state index contributed by atoms with van der Waals surface area (Å²) in [5, 5.41) is 0. The first-order chi connectivity index (χ1) is 9.41. The predicted octanol–water partition coefficient (Wildman–Crippen LogP) is 3.13. The minimum absolute atomic E-state index is 0.250. The van der Waals surface area contributed by atoms with Gasteiger partial charge in [-0.25, -0.2) is 0 Å². The Bertz CT molecular complexity index is 334. The summed E-state index contributed by atoms with van der Waals surface area (Å²) in [7, 11) is 0. The Labute approximate surface area is 124 Å². The largest absolute Gasteiger partial charge is 0.378 e. The van der Waals surface area contributed by atoms with Crippen molar-refractivity contribution in [2.45, 2.75) is 59.4 Å². The summed E-state index contributed by atoms with van der Waals surface area (Å²) in [6.45, 7) is 12.7. The van der Waals surface area contributed by atoms with Crippen LogP contribution in [0, 0.1) is 17.3 Å². The molecule has 3 atom stereocenters. The van der Waals surface area contributed by atoms with Gasteiger partial charge < -0.3 is 4.74 Å². The third-order valence-corrected chi connectivity index (χ3v) is 5.26. The summed E-state index contributed by atoms with van der Waals surface area (Å²) in [5.41, 5.74) is 0.327. The number of rotatable bonds is 3. The van der Waals surface area contributed by atoms with Crippen LogP contribution < -0.4 is 0 Å². The third kappa shape index (κ3) is 3.82. The lowest BCUT2D eigenvalue weighted by Gasteiger charge is -2.41. The van der Waals surface area contributed by atoms with E-state index in [4.69, 9.17) is 4.74 Å². The smallest absolute Gasteiger partial charge is 0.137 e. The quantitative estimate of drug-likeness (QED) is 0.796. The summed E-state index contributed by atoms with van der Waals surface area (Å²) in [5.74, 6) is 1.43. The molecule has 2 rings (SSSR count). The van der Waals surface area contributed by atoms with Gasteiger partial charge in [0, 0.05) is 31.5 Å². The van der Waals surface area contributed by atoms with Crippen LogP contribution in [0.4, 0.5) is 0 Å². The molecule has 0 aromatic heterocycles. The van der Waals surface area contributed by atoms with Crippen molar-refractivity contribution >= 4 is 5.78 Å². The summed E-state index contributed by atoms with van der Waals surface area (Å²) in [6.07, 6.45) is 4.06. The van der Waals surface area contributed by atoms with E-state index in [9.17, 15) is 4.79 Å². The standard InChI is InChI=1S/C17H31NO2/c1-5-15-12-20-9-8-18(15)11-13-10-14(17(2,3)4)6-7-16(13)19/h13-15H,5-12H2,1-4H3. The molecule has 0 radical (unpaired) electrons. The van der Waals surface area contributed by atoms with Crippen molar-refractivity contribution in [2.75, 3.05) is 26.3 Å². The first kappa shape index (κ1) is 16.0. The first-order valence-electron chi connectivity index (χ1n) is 8.26. The van der Waals surface area contributed by atoms with Crippen LogP contribution in [0.2, 0.25) is 0 Å². The zero-order chi connectivity index (χ0) is 14.8. The van der Waals surface area contributed by atoms with Crippen molar-refractivity contribution in [2.24, 2.45) is 17.3 Å². The highest BCUT2D eigenvalue weighted by atomic mass is 16.5. The van der Waals surface area contributed by atoms with Crippen molar-refractivity contribution in [3.8, 4) is 0 Å². The zero-order valence-corrected chi connectivity index (χ0v) is 13.7. The third-order valence-electron chi connectivity index (χ3n) is 5.26. The average molecular weight is 281 g/mol. The van der Waals surface area contributed by atoms with Gasteiger partial charge in [0.25, 0.3) is 0 Å². The fraction of sp³-hybridized carbons (Fsp3) is 0.941. The van der Waals surface area contributed by atoms with E-state index in [-0.39, 0.29) is 5.92 Å². The van der Waals surface area contributed by atoms with Gasteiger partial charge in [-0.2, -0.15) is 0 Å². The molecule has 1 aliphatic heterocycles. The van der Waals surface area contributed by atoms with Crippen LogP contribution in [-0.2, 0) is 9.53 Å². The molecule has 0 aromatic rings. The Hall–Kier alpha value is -0.410. The lowest BCUT2D eigenvalue weighted by atomic mass is 9.68. The molecule has 2 aliphatic rings. The van der Waals surface area contributed by atoms with Crippen LogP contribution in [0.3, 0.4) is 0 Å². The van der Waals surface area contributed by atoms with Crippen molar-refractivity contribution in [3.05, 3.63) is 0 Å². The maximum Gasteiger partial charge on any atom is 0.137 e. The minimum Gasteiger partial charge on any atom is -0.378 e. The summed E-state index contributed by atoms with van der Waals surface area (Å²) < 4.78 is 5.57. The highest BCUT2D eigenvalue weighted by Gasteiger charge is 2.36. The number of morpholine rings is 1. The maximum absolute atomic E-state index is 12.3. The number of carbonyl (C=O) groups excluding carboxylic acids is 1. The van der Waals surface area contributed by atoms with Gasteiger partial charge in [-0.05, 0) is 30.6 Å². The molecule has 0 bridgehead atoms. The van der Waals surface area contributed by atoms with Crippen LogP contribution in [0.25, 0.3) is 0 Å². The van der Waals surface area contributed by atoms with Gasteiger partial charge in [0.15, 0.2) is 0 Å². The molecule has 1 aliphatic carbocycles. The van der Waals surface area contributed by atoms with Gasteiger partial charge in [0.05, 0.1) is 13.2 Å². The number of nitrogens with zero attached hydrogens (tertiary/aromatic N) is 1. The molecule has 3 unspecified atom stereocenters. The lowest BCUT2D eigenvalue weighted by Crippen LogP contribution is -2.49. The SMILES string of the molecule is CCC1COCCN1CC1CC(C(C)(C)C)CCC1=O. The van der Waals surface area contributed by atoms with Crippen LogP contribution in [0.1, 0.15) is 53.4 Å². The topological polar surface area (TPSA) is 29.5 Å². The molecule has 0 aromatic carbocycles. The van der Waals surface area contributed by atoms with E-state index >= 15 is 0 Å². The molecule has 3 nitrogen and oxygen atoms in total. The van der Waals surface area contributed by atoms with E-state index in [0.717, 1.165) is 52.0 Å². The van der Waals surface area contributed by atoms with E-state index in [1.54, 1.807) is 0 Å². The Morgan fingerprint density at radius 1 is 1.35 bits per heavy atom. The van der Waals surface area contributed by atoms with Crippen LogP contribution in [0.5, 0.6) is 0 Å². The minimum atomic E-state index is 0.250. The molecule has 0 spiro atoms.